The lowest BCUT2D eigenvalue weighted by atomic mass is 9.78. The maximum atomic E-state index is 6.23. The van der Waals surface area contributed by atoms with Gasteiger partial charge in [-0.05, 0) is 63.7 Å². The molecule has 0 spiro atoms. The second kappa shape index (κ2) is 5.83. The Morgan fingerprint density at radius 3 is 2.63 bits per heavy atom. The summed E-state index contributed by atoms with van der Waals surface area (Å²) >= 11 is 0. The van der Waals surface area contributed by atoms with Crippen LogP contribution in [0, 0.1) is 17.8 Å². The molecule has 4 atom stereocenters. The summed E-state index contributed by atoms with van der Waals surface area (Å²) < 4.78 is 6.23. The molecule has 0 aromatic heterocycles. The van der Waals surface area contributed by atoms with Crippen LogP contribution >= 0.6 is 0 Å². The molecule has 2 fully saturated rings. The van der Waals surface area contributed by atoms with Crippen LogP contribution in [-0.2, 0) is 4.74 Å². The van der Waals surface area contributed by atoms with E-state index in [2.05, 4.69) is 33.9 Å². The largest absolute Gasteiger partial charge is 0.368 e. The van der Waals surface area contributed by atoms with Crippen LogP contribution in [0.5, 0.6) is 0 Å². The predicted octanol–water partition coefficient (Wildman–Crippen LogP) is 5.13. The van der Waals surface area contributed by atoms with E-state index in [1.165, 1.54) is 37.7 Å². The van der Waals surface area contributed by atoms with Crippen molar-refractivity contribution in [1.29, 1.82) is 0 Å². The van der Waals surface area contributed by atoms with Gasteiger partial charge in [0.05, 0.1) is 11.7 Å². The fourth-order valence-corrected chi connectivity index (χ4v) is 3.97. The molecule has 2 rings (SSSR count). The molecule has 0 aliphatic heterocycles. The summed E-state index contributed by atoms with van der Waals surface area (Å²) in [5, 5.41) is 0. The van der Waals surface area contributed by atoms with Gasteiger partial charge in [0.2, 0.25) is 0 Å². The molecule has 0 heterocycles. The van der Waals surface area contributed by atoms with E-state index >= 15 is 0 Å². The minimum absolute atomic E-state index is 0.216. The smallest absolute Gasteiger partial charge is 0.0807 e. The average molecular weight is 262 g/mol. The minimum Gasteiger partial charge on any atom is -0.368 e. The maximum absolute atomic E-state index is 6.23. The lowest BCUT2D eigenvalue weighted by Crippen LogP contribution is -2.31. The highest BCUT2D eigenvalue weighted by molar-refractivity contribution is 5.09. The summed E-state index contributed by atoms with van der Waals surface area (Å²) in [5.41, 5.74) is 1.23. The molecule has 0 bridgehead atoms. The summed E-state index contributed by atoms with van der Waals surface area (Å²) in [5.74, 6) is 2.54. The molecule has 108 valence electrons. The van der Waals surface area contributed by atoms with Gasteiger partial charge in [-0.15, -0.1) is 6.58 Å². The molecule has 0 N–H and O–H groups in total. The van der Waals surface area contributed by atoms with Crippen LogP contribution in [0.4, 0.5) is 0 Å². The van der Waals surface area contributed by atoms with E-state index < -0.39 is 0 Å². The standard InChI is InChI=1S/C18H30O/c1-6-18(4,5)19-15-8-7-9-16-13(2)10-11-17(16)14(3)12-15/h6,13,15-17H,1,3,7-12H2,2,4-5H3/t13-,15-,16+,17+/m1/s1. The fraction of sp³-hybridized carbons (Fsp3) is 0.778. The Kier molecular flexibility index (Phi) is 4.55. The lowest BCUT2D eigenvalue weighted by Gasteiger charge is -2.34. The first-order chi connectivity index (χ1) is 8.93. The number of ether oxygens (including phenoxy) is 1. The van der Waals surface area contributed by atoms with E-state index in [1.54, 1.807) is 0 Å². The van der Waals surface area contributed by atoms with Crippen LogP contribution in [-0.4, -0.2) is 11.7 Å². The van der Waals surface area contributed by atoms with E-state index in [-0.39, 0.29) is 5.60 Å². The molecule has 2 saturated carbocycles. The van der Waals surface area contributed by atoms with Gasteiger partial charge < -0.3 is 4.74 Å². The van der Waals surface area contributed by atoms with Gasteiger partial charge in [-0.2, -0.15) is 0 Å². The van der Waals surface area contributed by atoms with Gasteiger partial charge in [0, 0.05) is 0 Å². The Morgan fingerprint density at radius 2 is 1.95 bits per heavy atom. The van der Waals surface area contributed by atoms with Gasteiger partial charge in [-0.1, -0.05) is 31.6 Å². The Labute approximate surface area is 119 Å². The first-order valence-electron chi connectivity index (χ1n) is 7.92. The van der Waals surface area contributed by atoms with Crippen molar-refractivity contribution < 1.29 is 4.74 Å². The van der Waals surface area contributed by atoms with Crippen molar-refractivity contribution in [3.05, 3.63) is 24.8 Å². The van der Waals surface area contributed by atoms with Gasteiger partial charge >= 0.3 is 0 Å². The van der Waals surface area contributed by atoms with Crippen molar-refractivity contribution in [2.45, 2.75) is 71.0 Å². The molecule has 0 amide bonds. The minimum atomic E-state index is -0.216. The van der Waals surface area contributed by atoms with E-state index in [9.17, 15) is 0 Å². The van der Waals surface area contributed by atoms with Crippen LogP contribution < -0.4 is 0 Å². The van der Waals surface area contributed by atoms with Crippen LogP contribution in [0.15, 0.2) is 24.8 Å². The van der Waals surface area contributed by atoms with Gasteiger partial charge in [0.15, 0.2) is 0 Å². The van der Waals surface area contributed by atoms with Gasteiger partial charge in [-0.3, -0.25) is 0 Å². The van der Waals surface area contributed by atoms with Gasteiger partial charge in [0.25, 0.3) is 0 Å². The molecule has 1 nitrogen and oxygen atoms in total. The quantitative estimate of drug-likeness (QED) is 0.641. The van der Waals surface area contributed by atoms with Gasteiger partial charge in [0.1, 0.15) is 0 Å². The predicted molar refractivity (Wildman–Crippen MR) is 82.1 cm³/mol. The zero-order valence-corrected chi connectivity index (χ0v) is 13.0. The van der Waals surface area contributed by atoms with Crippen LogP contribution in [0.25, 0.3) is 0 Å². The van der Waals surface area contributed by atoms with Crippen molar-refractivity contribution in [2.24, 2.45) is 17.8 Å². The third-order valence-electron chi connectivity index (χ3n) is 5.22. The molecule has 1 heteroatoms. The Bertz CT molecular complexity index is 342. The van der Waals surface area contributed by atoms with Crippen molar-refractivity contribution in [1.82, 2.24) is 0 Å². The molecule has 0 aromatic carbocycles. The topological polar surface area (TPSA) is 9.23 Å². The molecular formula is C18H30O. The molecule has 0 radical (unpaired) electrons. The fourth-order valence-electron chi connectivity index (χ4n) is 3.97. The highest BCUT2D eigenvalue weighted by atomic mass is 16.5. The average Bonchev–Trinajstić information content (AvgIpc) is 2.68. The Morgan fingerprint density at radius 1 is 1.21 bits per heavy atom. The van der Waals surface area contributed by atoms with Crippen molar-refractivity contribution in [2.75, 3.05) is 0 Å². The molecule has 2 aliphatic rings. The number of hydrogen-bond donors (Lipinski definition) is 0. The second-order valence-corrected chi connectivity index (χ2v) is 7.17. The first-order valence-corrected chi connectivity index (χ1v) is 7.92. The van der Waals surface area contributed by atoms with E-state index in [4.69, 9.17) is 4.74 Å². The lowest BCUT2D eigenvalue weighted by molar-refractivity contribution is -0.0485. The van der Waals surface area contributed by atoms with Crippen molar-refractivity contribution >= 4 is 0 Å². The zero-order valence-electron chi connectivity index (χ0n) is 13.0. The molecule has 0 saturated heterocycles. The van der Waals surface area contributed by atoms with E-state index in [0.717, 1.165) is 24.2 Å². The van der Waals surface area contributed by atoms with Crippen molar-refractivity contribution in [3.8, 4) is 0 Å². The van der Waals surface area contributed by atoms with E-state index in [1.807, 2.05) is 6.08 Å². The van der Waals surface area contributed by atoms with Crippen LogP contribution in [0.3, 0.4) is 0 Å². The molecule has 0 unspecified atom stereocenters. The SMILES string of the molecule is C=CC(C)(C)O[C@@H]1CCC[C@H]2[C@H](C)CC[C@H]2C(=C)C1. The van der Waals surface area contributed by atoms with Crippen LogP contribution in [0.1, 0.15) is 59.3 Å². The summed E-state index contributed by atoms with van der Waals surface area (Å²) in [6.07, 6.45) is 9.86. The zero-order chi connectivity index (χ0) is 14.0. The monoisotopic (exact) mass is 262 g/mol. The Hall–Kier alpha value is -0.560. The molecule has 2 aliphatic carbocycles. The van der Waals surface area contributed by atoms with Crippen molar-refractivity contribution in [3.63, 3.8) is 0 Å². The molecular weight excluding hydrogens is 232 g/mol. The molecule has 19 heavy (non-hydrogen) atoms. The summed E-state index contributed by atoms with van der Waals surface area (Å²) in [6, 6.07) is 0. The Balaban J connectivity index is 2.01. The second-order valence-electron chi connectivity index (χ2n) is 7.17. The summed E-state index contributed by atoms with van der Waals surface area (Å²) in [4.78, 5) is 0. The highest BCUT2D eigenvalue weighted by Gasteiger charge is 2.37. The number of fused-ring (bicyclic) bond motifs is 1. The normalized spacial score (nSPS) is 36.5. The summed E-state index contributed by atoms with van der Waals surface area (Å²) in [6.45, 7) is 14.9. The summed E-state index contributed by atoms with van der Waals surface area (Å²) in [7, 11) is 0. The molecule has 0 aromatic rings. The first kappa shape index (κ1) is 14.8. The van der Waals surface area contributed by atoms with Crippen LogP contribution in [0.2, 0.25) is 0 Å². The van der Waals surface area contributed by atoms with Gasteiger partial charge in [-0.25, -0.2) is 0 Å². The third kappa shape index (κ3) is 3.51. The highest BCUT2D eigenvalue weighted by Crippen LogP contribution is 2.46. The van der Waals surface area contributed by atoms with E-state index in [0.29, 0.717) is 6.10 Å². The number of rotatable bonds is 3. The number of hydrogen-bond acceptors (Lipinski definition) is 1. The maximum Gasteiger partial charge on any atom is 0.0807 e. The third-order valence-corrected chi connectivity index (χ3v) is 5.22.